The summed E-state index contributed by atoms with van der Waals surface area (Å²) in [7, 11) is 0. The van der Waals surface area contributed by atoms with Crippen LogP contribution in [0.25, 0.3) is 22.3 Å². The average Bonchev–Trinajstić information content (AvgIpc) is 3.34. The van der Waals surface area contributed by atoms with Crippen molar-refractivity contribution in [2.24, 2.45) is 10.9 Å². The first kappa shape index (κ1) is 51.7. The largest absolute Gasteiger partial charge is 0.506 e. The molecule has 0 saturated carbocycles. The van der Waals surface area contributed by atoms with Crippen molar-refractivity contribution in [2.45, 2.75) is 19.3 Å². The number of nitrogens with zero attached hydrogens (tertiary/aromatic N) is 7. The smallest absolute Gasteiger partial charge is 0.416 e. The third-order valence-corrected chi connectivity index (χ3v) is 10.9. The summed E-state index contributed by atoms with van der Waals surface area (Å²) in [5, 5.41) is 14.5. The minimum absolute atomic E-state index is 0.0127. The number of nitrogen functional groups attached to an aromatic ring is 1. The average molecular weight is 1010 g/mol. The van der Waals surface area contributed by atoms with E-state index in [-0.39, 0.29) is 45.4 Å². The molecule has 5 N–H and O–H groups in total. The normalized spacial score (nSPS) is 14.1. The molecule has 8 rings (SSSR count). The molecular formula is C45H40Cl2F8N10O4. The van der Waals surface area contributed by atoms with Gasteiger partial charge in [-0.2, -0.15) is 41.4 Å². The number of nitrogens with two attached hydrogens (primary N) is 1. The van der Waals surface area contributed by atoms with Crippen molar-refractivity contribution < 1.29 is 54.5 Å². The molecule has 2 aliphatic heterocycles. The van der Waals surface area contributed by atoms with Crippen molar-refractivity contribution in [3.63, 3.8) is 0 Å². The fraction of sp³-hybridized carbons (Fsp3) is 0.244. The van der Waals surface area contributed by atoms with Gasteiger partial charge in [0.05, 0.1) is 61.2 Å². The van der Waals surface area contributed by atoms with E-state index in [1.807, 2.05) is 0 Å². The van der Waals surface area contributed by atoms with Gasteiger partial charge in [0, 0.05) is 42.3 Å². The van der Waals surface area contributed by atoms with Gasteiger partial charge in [0.25, 0.3) is 0 Å². The number of morpholine rings is 2. The van der Waals surface area contributed by atoms with Crippen molar-refractivity contribution >= 4 is 59.2 Å². The molecular weight excluding hydrogens is 967 g/mol. The van der Waals surface area contributed by atoms with Crippen LogP contribution in [0.2, 0.25) is 10.0 Å². The minimum Gasteiger partial charge on any atom is -0.506 e. The maximum atomic E-state index is 14.2. The Morgan fingerprint density at radius 1 is 0.696 bits per heavy atom. The second-order valence-electron chi connectivity index (χ2n) is 14.8. The van der Waals surface area contributed by atoms with Gasteiger partial charge in [-0.05, 0) is 83.3 Å². The summed E-state index contributed by atoms with van der Waals surface area (Å²) in [6.45, 7) is 5.94. The van der Waals surface area contributed by atoms with Gasteiger partial charge in [0.2, 0.25) is 11.9 Å². The summed E-state index contributed by atoms with van der Waals surface area (Å²) in [5.41, 5.74) is 5.87. The summed E-state index contributed by atoms with van der Waals surface area (Å²) in [4.78, 5) is 30.1. The zero-order valence-electron chi connectivity index (χ0n) is 36.1. The molecule has 6 aromatic rings. The molecule has 2 fully saturated rings. The van der Waals surface area contributed by atoms with E-state index in [4.69, 9.17) is 38.5 Å². The molecule has 0 spiro atoms. The first-order valence-electron chi connectivity index (χ1n) is 20.5. The van der Waals surface area contributed by atoms with Crippen LogP contribution < -0.4 is 26.5 Å². The van der Waals surface area contributed by atoms with E-state index in [0.29, 0.717) is 91.7 Å². The van der Waals surface area contributed by atoms with Crippen LogP contribution in [0.1, 0.15) is 32.6 Å². The number of hydrazone groups is 1. The molecule has 2 aromatic heterocycles. The summed E-state index contributed by atoms with van der Waals surface area (Å²) in [6.07, 6.45) is -4.94. The summed E-state index contributed by atoms with van der Waals surface area (Å²) < 4.78 is 115. The minimum atomic E-state index is -4.50. The number of hydrazine groups is 1. The molecule has 4 heterocycles. The standard InChI is InChI=1S/C22H18ClF4N5O2.C15H10ClF3O.C8H12FN5O/c23-17-10-14(13-2-1-3-16(9-13)22(25,26)27)8-15(19(17)33)11-29-31-21-28-12-18(24)20(30-21)32-4-6-34-7-5-32;1-9-12(8-20)5-11(7-14(9)16)10-3-2-4-13(6-10)15(17,18)19;9-6-5-11-8(13-10)12-7(6)14-1-3-15-4-2-14/h1-3,8-12,33H,4-7H2,(H,28,30,31);2-8H,1H3;5H,1-4,10H2,(H,11,12,13)/b29-11-;;. The Hall–Kier alpha value is -6.72. The molecule has 0 aliphatic carbocycles. The van der Waals surface area contributed by atoms with Gasteiger partial charge >= 0.3 is 12.4 Å². The third-order valence-electron chi connectivity index (χ3n) is 10.2. The number of ether oxygens (including phenoxy) is 2. The number of carbonyl (C=O) groups excluding carboxylic acids is 1. The second-order valence-corrected chi connectivity index (χ2v) is 15.6. The predicted octanol–water partition coefficient (Wildman–Crippen LogP) is 9.83. The maximum Gasteiger partial charge on any atom is 0.416 e. The van der Waals surface area contributed by atoms with Crippen LogP contribution in [-0.4, -0.2) is 90.1 Å². The lowest BCUT2D eigenvalue weighted by Crippen LogP contribution is -2.37. The topological polar surface area (TPSA) is 176 Å². The first-order chi connectivity index (χ1) is 32.9. The second kappa shape index (κ2) is 23.1. The molecule has 364 valence electrons. The van der Waals surface area contributed by atoms with Gasteiger partial charge in [0.15, 0.2) is 23.3 Å². The number of hydrogen-bond acceptors (Lipinski definition) is 14. The van der Waals surface area contributed by atoms with Crippen LogP contribution in [-0.2, 0) is 21.8 Å². The molecule has 0 radical (unpaired) electrons. The van der Waals surface area contributed by atoms with Crippen molar-refractivity contribution in [1.29, 1.82) is 0 Å². The monoisotopic (exact) mass is 1010 g/mol. The maximum absolute atomic E-state index is 14.2. The van der Waals surface area contributed by atoms with Crippen LogP contribution >= 0.6 is 23.2 Å². The number of aldehydes is 1. The van der Waals surface area contributed by atoms with Crippen LogP contribution in [0.5, 0.6) is 5.75 Å². The van der Waals surface area contributed by atoms with Crippen LogP contribution in [0, 0.1) is 18.6 Å². The van der Waals surface area contributed by atoms with Crippen molar-refractivity contribution in [1.82, 2.24) is 19.9 Å². The summed E-state index contributed by atoms with van der Waals surface area (Å²) in [5.74, 6) is 4.40. The quantitative estimate of drug-likeness (QED) is 0.0354. The Balaban J connectivity index is 0.000000188. The number of alkyl halides is 6. The number of rotatable bonds is 9. The number of anilines is 4. The van der Waals surface area contributed by atoms with E-state index in [9.17, 15) is 45.0 Å². The van der Waals surface area contributed by atoms with Gasteiger partial charge in [0.1, 0.15) is 12.0 Å². The highest BCUT2D eigenvalue weighted by atomic mass is 35.5. The first-order valence-corrected chi connectivity index (χ1v) is 21.2. The van der Waals surface area contributed by atoms with Gasteiger partial charge in [-0.1, -0.05) is 47.5 Å². The Morgan fingerprint density at radius 2 is 1.16 bits per heavy atom. The zero-order chi connectivity index (χ0) is 49.9. The molecule has 0 amide bonds. The molecule has 2 saturated heterocycles. The van der Waals surface area contributed by atoms with Crippen LogP contribution in [0.15, 0.2) is 90.3 Å². The lowest BCUT2D eigenvalue weighted by atomic mass is 9.98. The van der Waals surface area contributed by atoms with E-state index in [2.05, 4.69) is 35.9 Å². The van der Waals surface area contributed by atoms with Crippen LogP contribution in [0.3, 0.4) is 0 Å². The van der Waals surface area contributed by atoms with E-state index >= 15 is 0 Å². The number of halogens is 10. The number of phenolic OH excluding ortho intramolecular Hbond substituents is 1. The van der Waals surface area contributed by atoms with Gasteiger partial charge in [-0.25, -0.2) is 30.0 Å². The number of aromatic nitrogens is 4. The Bertz CT molecular complexity index is 2780. The Kier molecular flexibility index (Phi) is 17.3. The lowest BCUT2D eigenvalue weighted by molar-refractivity contribution is -0.138. The molecule has 69 heavy (non-hydrogen) atoms. The van der Waals surface area contributed by atoms with Gasteiger partial charge < -0.3 is 24.4 Å². The highest BCUT2D eigenvalue weighted by molar-refractivity contribution is 6.33. The summed E-state index contributed by atoms with van der Waals surface area (Å²) >= 11 is 12.1. The number of nitrogens with one attached hydrogen (secondary N) is 2. The van der Waals surface area contributed by atoms with Crippen molar-refractivity contribution in [3.05, 3.63) is 135 Å². The highest BCUT2D eigenvalue weighted by Gasteiger charge is 2.31. The number of phenols is 1. The molecule has 2 aliphatic rings. The number of benzene rings is 4. The number of aromatic hydroxyl groups is 1. The molecule has 4 aromatic carbocycles. The summed E-state index contributed by atoms with van der Waals surface area (Å²) in [6, 6.07) is 15.5. The van der Waals surface area contributed by atoms with E-state index < -0.39 is 35.1 Å². The number of carbonyl (C=O) groups is 1. The molecule has 24 heteroatoms. The van der Waals surface area contributed by atoms with Gasteiger partial charge in [-0.3, -0.25) is 10.2 Å². The molecule has 0 atom stereocenters. The Labute approximate surface area is 398 Å². The highest BCUT2D eigenvalue weighted by Crippen LogP contribution is 2.37. The predicted molar refractivity (Wildman–Crippen MR) is 245 cm³/mol. The molecule has 14 nitrogen and oxygen atoms in total. The third kappa shape index (κ3) is 13.7. The molecule has 0 unspecified atom stereocenters. The SMILES string of the molecule is Cc1c(Cl)cc(-c2cccc(C(F)(F)F)c2)cc1C=O.NNc1ncc(F)c(N2CCOCC2)n1.Oc1c(Cl)cc(-c2cccc(C(F)(F)F)c2)cc1/C=N\Nc1ncc(F)c(N2CCOCC2)n1. The van der Waals surface area contributed by atoms with E-state index in [1.54, 1.807) is 28.9 Å². The van der Waals surface area contributed by atoms with E-state index in [1.165, 1.54) is 42.6 Å². The van der Waals surface area contributed by atoms with Crippen LogP contribution in [0.4, 0.5) is 58.7 Å². The van der Waals surface area contributed by atoms with Gasteiger partial charge in [-0.15, -0.1) is 0 Å². The fourth-order valence-electron chi connectivity index (χ4n) is 6.62. The zero-order valence-corrected chi connectivity index (χ0v) is 37.6. The van der Waals surface area contributed by atoms with Crippen molar-refractivity contribution in [2.75, 3.05) is 73.3 Å². The molecule has 0 bridgehead atoms. The fourth-order valence-corrected chi connectivity index (χ4v) is 7.07. The van der Waals surface area contributed by atoms with Crippen molar-refractivity contribution in [3.8, 4) is 28.0 Å². The number of hydrogen-bond donors (Lipinski definition) is 4. The lowest BCUT2D eigenvalue weighted by Gasteiger charge is -2.27. The Morgan fingerprint density at radius 3 is 1.64 bits per heavy atom. The van der Waals surface area contributed by atoms with E-state index in [0.717, 1.165) is 36.7 Å².